The molecule has 1 aromatic carbocycles. The van der Waals surface area contributed by atoms with Crippen LogP contribution >= 0.6 is 0 Å². The Morgan fingerprint density at radius 3 is 2.23 bits per heavy atom. The van der Waals surface area contributed by atoms with E-state index < -0.39 is 30.5 Å². The van der Waals surface area contributed by atoms with Gasteiger partial charge in [-0.05, 0) is 5.56 Å². The van der Waals surface area contributed by atoms with Crippen LogP contribution in [0.3, 0.4) is 0 Å². The van der Waals surface area contributed by atoms with Crippen LogP contribution < -0.4 is 4.84 Å². The second-order valence-electron chi connectivity index (χ2n) is 4.12. The summed E-state index contributed by atoms with van der Waals surface area (Å²) in [5.74, 6) is -1.76. The van der Waals surface area contributed by atoms with Crippen LogP contribution in [0.4, 0.5) is 4.79 Å². The van der Waals surface area contributed by atoms with E-state index in [1.807, 2.05) is 6.07 Å². The molecule has 22 heavy (non-hydrogen) atoms. The normalized spacial score (nSPS) is 10.0. The van der Waals surface area contributed by atoms with Crippen molar-refractivity contribution in [2.75, 3.05) is 6.61 Å². The van der Waals surface area contributed by atoms with Gasteiger partial charge in [0, 0.05) is 12.1 Å². The molecule has 0 bridgehead atoms. The lowest BCUT2D eigenvalue weighted by atomic mass is 10.2. The fraction of sp³-hybridized carbons (Fsp3) is 0.143. The van der Waals surface area contributed by atoms with Gasteiger partial charge in [0.1, 0.15) is 6.61 Å². The quantitative estimate of drug-likeness (QED) is 0.799. The largest absolute Gasteiger partial charge is 0.534 e. The molecule has 116 valence electrons. The molecule has 0 atom stereocenters. The number of ether oxygens (including phenoxy) is 2. The predicted octanol–water partition coefficient (Wildman–Crippen LogP) is 1.21. The number of hydrogen-bond donors (Lipinski definition) is 2. The number of rotatable bonds is 5. The molecule has 0 spiro atoms. The zero-order chi connectivity index (χ0) is 15.9. The summed E-state index contributed by atoms with van der Waals surface area (Å²) in [4.78, 5) is 27.2. The Bertz CT molecular complexity index is 631. The lowest BCUT2D eigenvalue weighted by Gasteiger charge is -2.08. The van der Waals surface area contributed by atoms with E-state index >= 15 is 0 Å². The maximum Gasteiger partial charge on any atom is 0.534 e. The Morgan fingerprint density at radius 1 is 0.955 bits per heavy atom. The summed E-state index contributed by atoms with van der Waals surface area (Å²) in [5, 5.41) is 18.5. The van der Waals surface area contributed by atoms with Gasteiger partial charge in [0.25, 0.3) is 0 Å². The highest BCUT2D eigenvalue weighted by molar-refractivity contribution is 5.73. The third kappa shape index (κ3) is 4.17. The molecule has 0 fully saturated rings. The van der Waals surface area contributed by atoms with Crippen LogP contribution in [0.15, 0.2) is 42.5 Å². The first-order chi connectivity index (χ1) is 10.6. The summed E-state index contributed by atoms with van der Waals surface area (Å²) in [6.07, 6.45) is -1.28. The van der Waals surface area contributed by atoms with E-state index in [1.165, 1.54) is 0 Å². The molecule has 1 heterocycles. The zero-order valence-corrected chi connectivity index (χ0v) is 11.3. The van der Waals surface area contributed by atoms with Crippen LogP contribution in [0.25, 0.3) is 0 Å². The number of carbonyl (C=O) groups is 2. The zero-order valence-electron chi connectivity index (χ0n) is 11.3. The topological polar surface area (TPSA) is 107 Å². The van der Waals surface area contributed by atoms with Crippen LogP contribution in [-0.2, 0) is 20.9 Å². The lowest BCUT2D eigenvalue weighted by molar-refractivity contribution is -0.149. The molecular formula is C14H13NO7. The summed E-state index contributed by atoms with van der Waals surface area (Å²) in [5.41, 5.74) is 0.792. The first-order valence-corrected chi connectivity index (χ1v) is 6.20. The van der Waals surface area contributed by atoms with Crippen LogP contribution in [0, 0.1) is 0 Å². The van der Waals surface area contributed by atoms with Crippen molar-refractivity contribution >= 4 is 12.1 Å². The van der Waals surface area contributed by atoms with Crippen molar-refractivity contribution in [1.82, 2.24) is 4.73 Å². The summed E-state index contributed by atoms with van der Waals surface area (Å²) in [6, 6.07) is 11.2. The fourth-order valence-corrected chi connectivity index (χ4v) is 1.49. The first kappa shape index (κ1) is 15.2. The third-order valence-corrected chi connectivity index (χ3v) is 2.51. The van der Waals surface area contributed by atoms with Gasteiger partial charge in [-0.25, -0.2) is 9.59 Å². The van der Waals surface area contributed by atoms with Gasteiger partial charge in [-0.1, -0.05) is 30.3 Å². The Hall–Kier alpha value is -3.16. The average molecular weight is 307 g/mol. The van der Waals surface area contributed by atoms with E-state index in [2.05, 4.69) is 9.57 Å². The molecule has 0 radical (unpaired) electrons. The maximum atomic E-state index is 11.4. The molecule has 8 nitrogen and oxygen atoms in total. The minimum Gasteiger partial charge on any atom is -0.492 e. The second-order valence-corrected chi connectivity index (χ2v) is 4.12. The minimum atomic E-state index is -1.28. The highest BCUT2D eigenvalue weighted by atomic mass is 16.8. The standard InChI is InChI=1S/C14H13NO7/c16-11-6-7-12(17)15(11)22-14(19)21-9-13(18)20-8-10-4-2-1-3-5-10/h1-7,16-17H,8-9H2. The molecule has 0 amide bonds. The van der Waals surface area contributed by atoms with E-state index in [1.54, 1.807) is 24.3 Å². The van der Waals surface area contributed by atoms with Crippen molar-refractivity contribution in [1.29, 1.82) is 0 Å². The highest BCUT2D eigenvalue weighted by Gasteiger charge is 2.15. The number of benzene rings is 1. The van der Waals surface area contributed by atoms with Crippen molar-refractivity contribution in [2.45, 2.75) is 6.61 Å². The molecule has 0 unspecified atom stereocenters. The van der Waals surface area contributed by atoms with E-state index in [0.717, 1.165) is 17.7 Å². The average Bonchev–Trinajstić information content (AvgIpc) is 2.84. The van der Waals surface area contributed by atoms with Crippen LogP contribution in [-0.4, -0.2) is 33.7 Å². The number of hydrogen-bond acceptors (Lipinski definition) is 7. The molecule has 0 saturated heterocycles. The van der Waals surface area contributed by atoms with Crippen LogP contribution in [0.2, 0.25) is 0 Å². The van der Waals surface area contributed by atoms with Gasteiger partial charge in [-0.3, -0.25) is 4.84 Å². The lowest BCUT2D eigenvalue weighted by Crippen LogP contribution is -2.23. The Kier molecular flexibility index (Phi) is 4.86. The maximum absolute atomic E-state index is 11.4. The number of carbonyl (C=O) groups excluding carboxylic acids is 2. The highest BCUT2D eigenvalue weighted by Crippen LogP contribution is 2.18. The van der Waals surface area contributed by atoms with Crippen molar-refractivity contribution in [3.05, 3.63) is 48.0 Å². The summed E-state index contributed by atoms with van der Waals surface area (Å²) in [7, 11) is 0. The van der Waals surface area contributed by atoms with Gasteiger partial charge in [0.2, 0.25) is 11.8 Å². The Morgan fingerprint density at radius 2 is 1.59 bits per heavy atom. The smallest absolute Gasteiger partial charge is 0.492 e. The molecule has 2 N–H and O–H groups in total. The number of aromatic hydroxyl groups is 2. The van der Waals surface area contributed by atoms with Gasteiger partial charge >= 0.3 is 12.1 Å². The number of esters is 1. The molecule has 8 heteroatoms. The Labute approximate surface area is 125 Å². The predicted molar refractivity (Wildman–Crippen MR) is 71.9 cm³/mol. The second kappa shape index (κ2) is 7.02. The van der Waals surface area contributed by atoms with Crippen molar-refractivity contribution in [3.63, 3.8) is 0 Å². The van der Waals surface area contributed by atoms with Gasteiger partial charge < -0.3 is 19.7 Å². The summed E-state index contributed by atoms with van der Waals surface area (Å²) in [6.45, 7) is -0.605. The van der Waals surface area contributed by atoms with Gasteiger partial charge in [0.05, 0.1) is 0 Å². The fourth-order valence-electron chi connectivity index (χ4n) is 1.49. The summed E-state index contributed by atoms with van der Waals surface area (Å²) < 4.78 is 9.82. The molecule has 0 aliphatic carbocycles. The molecular weight excluding hydrogens is 294 g/mol. The van der Waals surface area contributed by atoms with Gasteiger partial charge in [0.15, 0.2) is 6.61 Å². The number of aromatic nitrogens is 1. The molecule has 0 aliphatic rings. The minimum absolute atomic E-state index is 0.0528. The monoisotopic (exact) mass is 307 g/mol. The van der Waals surface area contributed by atoms with Crippen molar-refractivity contribution < 1.29 is 34.1 Å². The molecule has 0 saturated carbocycles. The molecule has 2 rings (SSSR count). The summed E-state index contributed by atoms with van der Waals surface area (Å²) >= 11 is 0. The molecule has 0 aliphatic heterocycles. The van der Waals surface area contributed by atoms with Crippen molar-refractivity contribution in [3.8, 4) is 11.8 Å². The van der Waals surface area contributed by atoms with E-state index in [-0.39, 0.29) is 6.61 Å². The SMILES string of the molecule is O=C(COC(=O)On1c(O)ccc1O)OCc1ccccc1. The molecule has 1 aromatic heterocycles. The Balaban J connectivity index is 1.73. The van der Waals surface area contributed by atoms with E-state index in [0.29, 0.717) is 4.73 Å². The van der Waals surface area contributed by atoms with Crippen LogP contribution in [0.1, 0.15) is 5.56 Å². The van der Waals surface area contributed by atoms with E-state index in [9.17, 15) is 19.8 Å². The van der Waals surface area contributed by atoms with E-state index in [4.69, 9.17) is 4.74 Å². The van der Waals surface area contributed by atoms with Gasteiger partial charge in [-0.2, -0.15) is 0 Å². The third-order valence-electron chi connectivity index (χ3n) is 2.51. The van der Waals surface area contributed by atoms with Gasteiger partial charge in [-0.15, -0.1) is 4.73 Å². The molecule has 2 aromatic rings. The van der Waals surface area contributed by atoms with Crippen LogP contribution in [0.5, 0.6) is 11.8 Å². The number of nitrogens with zero attached hydrogens (tertiary/aromatic N) is 1. The first-order valence-electron chi connectivity index (χ1n) is 6.20. The van der Waals surface area contributed by atoms with Crippen molar-refractivity contribution in [2.24, 2.45) is 0 Å².